The molecule has 4 aromatic rings. The van der Waals surface area contributed by atoms with E-state index in [0.29, 0.717) is 35.4 Å². The second-order valence-corrected chi connectivity index (χ2v) is 14.0. The number of nitrogens with zero attached hydrogens (tertiary/aromatic N) is 1. The average molecular weight is 695 g/mol. The van der Waals surface area contributed by atoms with Gasteiger partial charge < -0.3 is 16.0 Å². The number of benzene rings is 4. The normalized spacial score (nSPS) is 12.0. The fourth-order valence-electron chi connectivity index (χ4n) is 4.34. The fraction of sp³-hybridized carbons (Fsp3) is 0.0769. The van der Waals surface area contributed by atoms with E-state index < -0.39 is 78.4 Å². The van der Waals surface area contributed by atoms with Gasteiger partial charge in [0.1, 0.15) is 4.90 Å². The molecule has 0 atom stereocenters. The topological polar surface area (TPSA) is 276 Å². The van der Waals surface area contributed by atoms with Crippen LogP contribution in [0.15, 0.2) is 75.4 Å². The summed E-state index contributed by atoms with van der Waals surface area (Å²) in [5.74, 6) is -1.09. The van der Waals surface area contributed by atoms with Crippen molar-refractivity contribution in [2.45, 2.75) is 28.5 Å². The van der Waals surface area contributed by atoms with Gasteiger partial charge >= 0.3 is 6.03 Å². The Bertz CT molecular complexity index is 2300. The number of rotatable bonds is 8. The smallest absolute Gasteiger partial charge is 0.321 e. The number of nitrogens with one attached hydrogen (secondary N) is 3. The van der Waals surface area contributed by atoms with Gasteiger partial charge in [-0.2, -0.15) is 25.3 Å². The molecule has 0 bridgehead atoms. The van der Waals surface area contributed by atoms with E-state index in [1.165, 1.54) is 37.3 Å². The monoisotopic (exact) mass is 694 g/mol. The molecule has 0 aliphatic rings. The molecular weight excluding hydrogens is 673 g/mol. The molecule has 0 aromatic heterocycles. The molecule has 0 radical (unpaired) electrons. The van der Waals surface area contributed by atoms with Gasteiger partial charge in [-0.3, -0.25) is 28.6 Å². The molecule has 0 aliphatic carbocycles. The predicted molar refractivity (Wildman–Crippen MR) is 163 cm³/mol. The van der Waals surface area contributed by atoms with Crippen LogP contribution in [-0.2, 0) is 30.4 Å². The van der Waals surface area contributed by atoms with E-state index in [1.54, 1.807) is 6.92 Å². The van der Waals surface area contributed by atoms with Crippen LogP contribution in [0.2, 0.25) is 0 Å². The lowest BCUT2D eigenvalue weighted by Gasteiger charge is -2.16. The van der Waals surface area contributed by atoms with E-state index in [4.69, 9.17) is 0 Å². The van der Waals surface area contributed by atoms with E-state index in [-0.39, 0.29) is 22.6 Å². The van der Waals surface area contributed by atoms with Gasteiger partial charge in [-0.05, 0) is 67.3 Å². The minimum absolute atomic E-state index is 0.0453. The highest BCUT2D eigenvalue weighted by Gasteiger charge is 2.26. The number of anilines is 3. The lowest BCUT2D eigenvalue weighted by molar-refractivity contribution is -0.385. The van der Waals surface area contributed by atoms with Gasteiger partial charge in [-0.1, -0.05) is 12.1 Å². The maximum absolute atomic E-state index is 13.5. The fourth-order valence-corrected chi connectivity index (χ4v) is 6.26. The zero-order valence-corrected chi connectivity index (χ0v) is 25.8. The Hall–Kier alpha value is -4.99. The van der Waals surface area contributed by atoms with Crippen LogP contribution in [0.5, 0.6) is 0 Å². The van der Waals surface area contributed by atoms with Crippen LogP contribution in [0.4, 0.5) is 27.5 Å². The van der Waals surface area contributed by atoms with Crippen LogP contribution in [0, 0.1) is 24.0 Å². The Balaban J connectivity index is 1.81. The molecule has 0 aliphatic heterocycles. The molecule has 0 heterocycles. The summed E-state index contributed by atoms with van der Waals surface area (Å²) in [6, 6.07) is 9.34. The summed E-state index contributed by atoms with van der Waals surface area (Å²) in [4.78, 5) is 33.8. The van der Waals surface area contributed by atoms with Crippen molar-refractivity contribution in [3.8, 4) is 0 Å². The van der Waals surface area contributed by atoms with Crippen molar-refractivity contribution in [1.82, 2.24) is 0 Å². The number of nitro groups is 1. The average Bonchev–Trinajstić information content (AvgIpc) is 2.91. The zero-order valence-electron chi connectivity index (χ0n) is 23.4. The van der Waals surface area contributed by atoms with Gasteiger partial charge in [-0.15, -0.1) is 0 Å². The first-order valence-corrected chi connectivity index (χ1v) is 16.8. The van der Waals surface area contributed by atoms with Gasteiger partial charge in [0.2, 0.25) is 0 Å². The molecule has 242 valence electrons. The molecule has 0 saturated heterocycles. The number of nitro benzene ring substituents is 1. The molecule has 3 amide bonds. The van der Waals surface area contributed by atoms with Crippen molar-refractivity contribution in [2.24, 2.45) is 0 Å². The van der Waals surface area contributed by atoms with Gasteiger partial charge in [0, 0.05) is 22.7 Å². The first-order valence-electron chi connectivity index (χ1n) is 12.4. The molecule has 4 rings (SSSR count). The maximum atomic E-state index is 13.5. The molecule has 6 N–H and O–H groups in total. The van der Waals surface area contributed by atoms with E-state index in [1.807, 2.05) is 0 Å². The predicted octanol–water partition coefficient (Wildman–Crippen LogP) is 4.00. The molecule has 0 saturated carbocycles. The third kappa shape index (κ3) is 7.44. The van der Waals surface area contributed by atoms with E-state index in [9.17, 15) is 58.6 Å². The second-order valence-electron chi connectivity index (χ2n) is 9.76. The maximum Gasteiger partial charge on any atom is 0.323 e. The molecule has 46 heavy (non-hydrogen) atoms. The van der Waals surface area contributed by atoms with E-state index in [0.717, 1.165) is 6.07 Å². The number of aryl methyl sites for hydroxylation is 2. The number of carbonyl (C=O) groups excluding carboxylic acids is 2. The second kappa shape index (κ2) is 12.1. The zero-order chi connectivity index (χ0) is 34.4. The Morgan fingerprint density at radius 1 is 0.717 bits per heavy atom. The Morgan fingerprint density at radius 2 is 1.33 bits per heavy atom. The summed E-state index contributed by atoms with van der Waals surface area (Å²) in [7, 11) is -15.5. The van der Waals surface area contributed by atoms with Gasteiger partial charge in [-0.25, -0.2) is 4.79 Å². The highest BCUT2D eigenvalue weighted by atomic mass is 32.2. The van der Waals surface area contributed by atoms with Crippen LogP contribution in [0.1, 0.15) is 21.5 Å². The Labute approximate surface area is 260 Å². The molecule has 0 unspecified atom stereocenters. The molecular formula is C26H22N4O13S3. The standard InChI is InChI=1S/C26H22N4O13S3/c1-13-3-6-19(20(7-13)29-26(32)27-16-5-4-14(2)22(10-16)30(33)34)25(31)28-21-11-17(44(35,36)37)8-15-9-18(45(38,39)40)12-23(24(15)21)46(41,42)43/h3-12H,1-2H3,(H,28,31)(H2,27,29,32)(H,35,36,37)(H,38,39,40)(H,41,42,43). The van der Waals surface area contributed by atoms with Crippen molar-refractivity contribution in [2.75, 3.05) is 16.0 Å². The number of hydrogen-bond donors (Lipinski definition) is 6. The summed E-state index contributed by atoms with van der Waals surface area (Å²) in [5.41, 5.74) is -0.384. The van der Waals surface area contributed by atoms with Gasteiger partial charge in [0.25, 0.3) is 41.9 Å². The molecule has 17 nitrogen and oxygen atoms in total. The molecule has 20 heteroatoms. The summed E-state index contributed by atoms with van der Waals surface area (Å²) in [5, 5.41) is 17.2. The SMILES string of the molecule is Cc1ccc(C(=O)Nc2cc(S(=O)(=O)O)cc3cc(S(=O)(=O)O)cc(S(=O)(=O)O)c23)c(NC(=O)Nc2ccc(C)c([N+](=O)[O-])c2)c1. The Morgan fingerprint density at radius 3 is 1.89 bits per heavy atom. The van der Waals surface area contributed by atoms with Crippen LogP contribution in [0.3, 0.4) is 0 Å². The first kappa shape index (κ1) is 33.9. The van der Waals surface area contributed by atoms with Crippen molar-refractivity contribution >= 4 is 75.8 Å². The molecule has 0 fully saturated rings. The number of carbonyl (C=O) groups is 2. The lowest BCUT2D eigenvalue weighted by Crippen LogP contribution is -2.23. The first-order chi connectivity index (χ1) is 21.1. The third-order valence-electron chi connectivity index (χ3n) is 6.41. The van der Waals surface area contributed by atoms with Crippen molar-refractivity contribution < 1.29 is 53.4 Å². The van der Waals surface area contributed by atoms with Crippen LogP contribution >= 0.6 is 0 Å². The van der Waals surface area contributed by atoms with Crippen molar-refractivity contribution in [1.29, 1.82) is 0 Å². The number of hydrogen-bond acceptors (Lipinski definition) is 10. The summed E-state index contributed by atoms with van der Waals surface area (Å²) in [6.07, 6.45) is 0. The largest absolute Gasteiger partial charge is 0.323 e. The van der Waals surface area contributed by atoms with Gasteiger partial charge in [0.15, 0.2) is 0 Å². The number of urea groups is 1. The lowest BCUT2D eigenvalue weighted by atomic mass is 10.1. The van der Waals surface area contributed by atoms with Crippen LogP contribution < -0.4 is 16.0 Å². The summed E-state index contributed by atoms with van der Waals surface area (Å²) >= 11 is 0. The van der Waals surface area contributed by atoms with E-state index in [2.05, 4.69) is 16.0 Å². The summed E-state index contributed by atoms with van der Waals surface area (Å²) < 4.78 is 101. The number of fused-ring (bicyclic) bond motifs is 1. The third-order valence-corrected chi connectivity index (χ3v) is 8.95. The molecule has 4 aromatic carbocycles. The van der Waals surface area contributed by atoms with Crippen molar-refractivity contribution in [3.63, 3.8) is 0 Å². The number of amides is 3. The van der Waals surface area contributed by atoms with Crippen molar-refractivity contribution in [3.05, 3.63) is 87.5 Å². The highest BCUT2D eigenvalue weighted by Crippen LogP contribution is 2.36. The van der Waals surface area contributed by atoms with Gasteiger partial charge in [0.05, 0.1) is 31.7 Å². The Kier molecular flexibility index (Phi) is 8.90. The quantitative estimate of drug-likeness (QED) is 0.0865. The minimum atomic E-state index is -5.30. The molecule has 0 spiro atoms. The van der Waals surface area contributed by atoms with Crippen LogP contribution in [0.25, 0.3) is 10.8 Å². The van der Waals surface area contributed by atoms with E-state index >= 15 is 0 Å². The minimum Gasteiger partial charge on any atom is -0.321 e. The summed E-state index contributed by atoms with van der Waals surface area (Å²) in [6.45, 7) is 3.11. The highest BCUT2D eigenvalue weighted by molar-refractivity contribution is 7.87. The van der Waals surface area contributed by atoms with Crippen LogP contribution in [-0.4, -0.2) is 55.8 Å².